The summed E-state index contributed by atoms with van der Waals surface area (Å²) in [6, 6.07) is 1.11. The minimum absolute atomic E-state index is 0.0615. The van der Waals surface area contributed by atoms with Gasteiger partial charge in [-0.1, -0.05) is 0 Å². The minimum Gasteiger partial charge on any atom is -0.438 e. The number of anilines is 1. The summed E-state index contributed by atoms with van der Waals surface area (Å²) in [7, 11) is 0. The summed E-state index contributed by atoms with van der Waals surface area (Å²) in [4.78, 5) is 48.9. The second-order valence-corrected chi connectivity index (χ2v) is 6.98. The lowest BCUT2D eigenvalue weighted by Crippen LogP contribution is -2.40. The van der Waals surface area contributed by atoms with E-state index in [1.807, 2.05) is 0 Å². The molecule has 2 aromatic rings. The van der Waals surface area contributed by atoms with Gasteiger partial charge in [0.1, 0.15) is 11.6 Å². The van der Waals surface area contributed by atoms with Gasteiger partial charge in [-0.3, -0.25) is 9.78 Å². The van der Waals surface area contributed by atoms with Gasteiger partial charge in [-0.05, 0) is 20.8 Å². The Hall–Kier alpha value is -3.31. The minimum atomic E-state index is -3.29. The average Bonchev–Trinajstić information content (AvgIpc) is 2.88. The third kappa shape index (κ3) is 4.58. The van der Waals surface area contributed by atoms with E-state index >= 15 is 0 Å². The van der Waals surface area contributed by atoms with Crippen molar-refractivity contribution in [3.63, 3.8) is 0 Å². The van der Waals surface area contributed by atoms with Gasteiger partial charge >= 0.3 is 17.7 Å². The van der Waals surface area contributed by atoms with Gasteiger partial charge in [-0.25, -0.2) is 28.3 Å². The number of aryl methyl sites for hydroxylation is 1. The summed E-state index contributed by atoms with van der Waals surface area (Å²) in [6.45, 7) is 3.92. The Morgan fingerprint density at radius 1 is 1.38 bits per heavy atom. The Labute approximate surface area is 163 Å². The van der Waals surface area contributed by atoms with Crippen LogP contribution in [0.2, 0.25) is 0 Å². The maximum absolute atomic E-state index is 14.4. The molecule has 1 aliphatic rings. The number of aromatic amines is 2. The topological polar surface area (TPSA) is 133 Å². The van der Waals surface area contributed by atoms with Crippen LogP contribution in [-0.2, 0) is 4.74 Å². The zero-order valence-electron chi connectivity index (χ0n) is 16.0. The summed E-state index contributed by atoms with van der Waals surface area (Å²) in [5.74, 6) is -2.90. The smallest absolute Gasteiger partial charge is 0.407 e. The van der Waals surface area contributed by atoms with Crippen molar-refractivity contribution in [3.8, 4) is 11.3 Å². The second-order valence-electron chi connectivity index (χ2n) is 6.98. The first-order chi connectivity index (χ1) is 13.5. The molecule has 3 rings (SSSR count). The van der Waals surface area contributed by atoms with Gasteiger partial charge in [0.15, 0.2) is 6.10 Å². The van der Waals surface area contributed by atoms with E-state index in [0.717, 1.165) is 0 Å². The number of rotatable bonds is 4. The molecular weight excluding hydrogens is 390 g/mol. The van der Waals surface area contributed by atoms with Crippen LogP contribution in [-0.4, -0.2) is 57.2 Å². The highest BCUT2D eigenvalue weighted by molar-refractivity contribution is 5.68. The molecule has 0 unspecified atom stereocenters. The van der Waals surface area contributed by atoms with Gasteiger partial charge in [-0.2, -0.15) is 0 Å². The molecule has 0 aliphatic carbocycles. The molecule has 1 saturated heterocycles. The van der Waals surface area contributed by atoms with Crippen LogP contribution in [0.25, 0.3) is 11.3 Å². The number of hydrogen-bond acceptors (Lipinski definition) is 7. The van der Waals surface area contributed by atoms with E-state index in [4.69, 9.17) is 4.74 Å². The highest BCUT2D eigenvalue weighted by Gasteiger charge is 2.51. The van der Waals surface area contributed by atoms with Crippen molar-refractivity contribution < 1.29 is 18.3 Å². The molecule has 3 N–H and O–H groups in total. The molecule has 29 heavy (non-hydrogen) atoms. The lowest BCUT2D eigenvalue weighted by Gasteiger charge is -2.19. The number of amides is 1. The molecule has 10 nitrogen and oxygen atoms in total. The van der Waals surface area contributed by atoms with Crippen LogP contribution in [0.3, 0.4) is 0 Å². The van der Waals surface area contributed by atoms with Crippen molar-refractivity contribution in [1.82, 2.24) is 25.3 Å². The number of alkyl halides is 2. The first-order valence-corrected chi connectivity index (χ1v) is 8.83. The molecule has 2 aromatic heterocycles. The van der Waals surface area contributed by atoms with Crippen molar-refractivity contribution in [3.05, 3.63) is 38.9 Å². The second kappa shape index (κ2) is 7.60. The Bertz CT molecular complexity index is 1040. The fourth-order valence-electron chi connectivity index (χ4n) is 2.90. The highest BCUT2D eigenvalue weighted by Crippen LogP contribution is 2.33. The number of H-pyrrole nitrogens is 2. The van der Waals surface area contributed by atoms with E-state index in [9.17, 15) is 23.2 Å². The number of carbonyl (C=O) groups excluding carboxylic acids is 1. The van der Waals surface area contributed by atoms with Gasteiger partial charge < -0.3 is 19.9 Å². The highest BCUT2D eigenvalue weighted by atomic mass is 19.3. The third-order valence-electron chi connectivity index (χ3n) is 4.16. The summed E-state index contributed by atoms with van der Waals surface area (Å²) in [6.07, 6.45) is -1.39. The largest absolute Gasteiger partial charge is 0.438 e. The number of nitrogens with zero attached hydrogens (tertiary/aromatic N) is 3. The summed E-state index contributed by atoms with van der Waals surface area (Å²) in [5, 5.41) is 2.41. The van der Waals surface area contributed by atoms with Crippen LogP contribution >= 0.6 is 0 Å². The van der Waals surface area contributed by atoms with Crippen molar-refractivity contribution in [2.75, 3.05) is 18.0 Å². The molecule has 0 aromatic carbocycles. The lowest BCUT2D eigenvalue weighted by atomic mass is 10.2. The van der Waals surface area contributed by atoms with Crippen molar-refractivity contribution in [2.45, 2.75) is 38.8 Å². The molecule has 1 atom stereocenters. The van der Waals surface area contributed by atoms with Crippen LogP contribution in [0.4, 0.5) is 19.4 Å². The maximum atomic E-state index is 14.4. The van der Waals surface area contributed by atoms with Gasteiger partial charge in [0.2, 0.25) is 0 Å². The Balaban J connectivity index is 1.87. The molecule has 0 radical (unpaired) electrons. The predicted octanol–water partition coefficient (Wildman–Crippen LogP) is 0.787. The molecule has 0 spiro atoms. The van der Waals surface area contributed by atoms with Gasteiger partial charge in [-0.15, -0.1) is 0 Å². The first kappa shape index (κ1) is 20.4. The Kier molecular flexibility index (Phi) is 5.36. The molecule has 12 heteroatoms. The van der Waals surface area contributed by atoms with Gasteiger partial charge in [0, 0.05) is 18.3 Å². The van der Waals surface area contributed by atoms with Crippen molar-refractivity contribution >= 4 is 11.9 Å². The standard InChI is InChI=1S/C17H20F2N6O4/c1-8(2)21-16(28)29-12-6-25(7-17(12,18)19)13-4-11(22-9(3)23-13)10-5-20-15(27)24-14(10)26/h4-5,8,12H,6-7H2,1-3H3,(H,21,28)(H2,20,24,26,27)/t12-/m0/s1. The Morgan fingerprint density at radius 2 is 2.10 bits per heavy atom. The molecular formula is C17H20F2N6O4. The molecule has 156 valence electrons. The number of aromatic nitrogens is 4. The average molecular weight is 410 g/mol. The quantitative estimate of drug-likeness (QED) is 0.679. The van der Waals surface area contributed by atoms with Crippen molar-refractivity contribution in [2.24, 2.45) is 0 Å². The van der Waals surface area contributed by atoms with Crippen LogP contribution in [0.15, 0.2) is 21.9 Å². The van der Waals surface area contributed by atoms with Gasteiger partial charge in [0.25, 0.3) is 5.56 Å². The monoisotopic (exact) mass is 410 g/mol. The van der Waals surface area contributed by atoms with E-state index in [-0.39, 0.29) is 35.5 Å². The van der Waals surface area contributed by atoms with E-state index in [2.05, 4.69) is 25.3 Å². The van der Waals surface area contributed by atoms with E-state index in [0.29, 0.717) is 0 Å². The van der Waals surface area contributed by atoms with E-state index < -0.39 is 35.9 Å². The predicted molar refractivity (Wildman–Crippen MR) is 99.1 cm³/mol. The number of halogens is 2. The summed E-state index contributed by atoms with van der Waals surface area (Å²) >= 11 is 0. The summed E-state index contributed by atoms with van der Waals surface area (Å²) < 4.78 is 33.7. The van der Waals surface area contributed by atoms with Crippen LogP contribution < -0.4 is 21.5 Å². The summed E-state index contributed by atoms with van der Waals surface area (Å²) in [5.41, 5.74) is -1.12. The first-order valence-electron chi connectivity index (χ1n) is 8.83. The molecule has 1 aliphatic heterocycles. The lowest BCUT2D eigenvalue weighted by molar-refractivity contribution is -0.0765. The SMILES string of the molecule is Cc1nc(-c2c[nH]c(=O)[nH]c2=O)cc(N2C[C@H](OC(=O)NC(C)C)C(F)(F)C2)n1. The number of ether oxygens (including phenoxy) is 1. The number of nitrogens with one attached hydrogen (secondary N) is 3. The fraction of sp³-hybridized carbons (Fsp3) is 0.471. The van der Waals surface area contributed by atoms with Crippen LogP contribution in [0, 0.1) is 6.92 Å². The molecule has 0 saturated carbocycles. The fourth-order valence-corrected chi connectivity index (χ4v) is 2.90. The molecule has 3 heterocycles. The molecule has 0 bridgehead atoms. The third-order valence-corrected chi connectivity index (χ3v) is 4.16. The van der Waals surface area contributed by atoms with Crippen LogP contribution in [0.1, 0.15) is 19.7 Å². The van der Waals surface area contributed by atoms with E-state index in [1.54, 1.807) is 20.8 Å². The van der Waals surface area contributed by atoms with Gasteiger partial charge in [0.05, 0.1) is 24.3 Å². The number of carbonyl (C=O) groups is 1. The molecule has 1 amide bonds. The van der Waals surface area contributed by atoms with Crippen LogP contribution in [0.5, 0.6) is 0 Å². The zero-order chi connectivity index (χ0) is 21.3. The number of hydrogen-bond donors (Lipinski definition) is 3. The number of alkyl carbamates (subject to hydrolysis) is 1. The van der Waals surface area contributed by atoms with E-state index in [1.165, 1.54) is 17.2 Å². The zero-order valence-corrected chi connectivity index (χ0v) is 16.0. The normalized spacial score (nSPS) is 18.1. The van der Waals surface area contributed by atoms with Crippen molar-refractivity contribution in [1.29, 1.82) is 0 Å². The maximum Gasteiger partial charge on any atom is 0.407 e. The molecule has 1 fully saturated rings. The Morgan fingerprint density at radius 3 is 2.76 bits per heavy atom.